The molecule has 0 fully saturated rings. The summed E-state index contributed by atoms with van der Waals surface area (Å²) >= 11 is 12.2. The number of nitrogens with one attached hydrogen (secondary N) is 1. The topological polar surface area (TPSA) is 60.2 Å². The van der Waals surface area contributed by atoms with Crippen molar-refractivity contribution < 1.29 is 9.26 Å². The van der Waals surface area contributed by atoms with E-state index in [0.29, 0.717) is 40.5 Å². The molecular weight excluding hydrogens is 313 g/mol. The van der Waals surface area contributed by atoms with Crippen molar-refractivity contribution in [3.8, 4) is 5.75 Å². The molecule has 1 aromatic heterocycles. The third-order valence-electron chi connectivity index (χ3n) is 2.81. The second-order valence-corrected chi connectivity index (χ2v) is 5.25. The van der Waals surface area contributed by atoms with Crippen LogP contribution in [0.4, 0.5) is 0 Å². The van der Waals surface area contributed by atoms with Crippen LogP contribution in [0.3, 0.4) is 0 Å². The molecule has 0 atom stereocenters. The molecule has 21 heavy (non-hydrogen) atoms. The smallest absolute Gasteiger partial charge is 0.226 e. The fourth-order valence-corrected chi connectivity index (χ4v) is 2.39. The monoisotopic (exact) mass is 329 g/mol. The summed E-state index contributed by atoms with van der Waals surface area (Å²) in [5.74, 6) is 1.67. The molecule has 7 heteroatoms. The van der Waals surface area contributed by atoms with Gasteiger partial charge in [-0.25, -0.2) is 0 Å². The lowest BCUT2D eigenvalue weighted by Crippen LogP contribution is -2.13. The van der Waals surface area contributed by atoms with Crippen LogP contribution in [0.25, 0.3) is 0 Å². The Morgan fingerprint density at radius 3 is 2.76 bits per heavy atom. The molecule has 1 heterocycles. The zero-order chi connectivity index (χ0) is 15.2. The summed E-state index contributed by atoms with van der Waals surface area (Å²) in [7, 11) is 0. The molecule has 0 aliphatic heterocycles. The first-order valence-electron chi connectivity index (χ1n) is 6.76. The molecule has 0 unspecified atom stereocenters. The number of rotatable bonds is 7. The Kier molecular flexibility index (Phi) is 5.85. The molecule has 2 aromatic rings. The van der Waals surface area contributed by atoms with Crippen LogP contribution in [0.1, 0.15) is 31.1 Å². The number of aryl methyl sites for hydroxylation is 1. The Bertz CT molecular complexity index is 602. The van der Waals surface area contributed by atoms with Gasteiger partial charge in [0.05, 0.1) is 5.02 Å². The van der Waals surface area contributed by atoms with Crippen molar-refractivity contribution in [1.82, 2.24) is 15.5 Å². The summed E-state index contributed by atoms with van der Waals surface area (Å²) in [6, 6.07) is 3.49. The van der Waals surface area contributed by atoms with Gasteiger partial charge in [0.2, 0.25) is 11.7 Å². The Balaban J connectivity index is 2.13. The first-order valence-corrected chi connectivity index (χ1v) is 7.52. The van der Waals surface area contributed by atoms with E-state index in [1.165, 1.54) is 0 Å². The average molecular weight is 330 g/mol. The van der Waals surface area contributed by atoms with Crippen LogP contribution in [0.2, 0.25) is 10.0 Å². The van der Waals surface area contributed by atoms with Crippen LogP contribution in [0, 0.1) is 0 Å². The lowest BCUT2D eigenvalue weighted by Gasteiger charge is -2.13. The van der Waals surface area contributed by atoms with E-state index >= 15 is 0 Å². The maximum Gasteiger partial charge on any atom is 0.226 e. The van der Waals surface area contributed by atoms with Gasteiger partial charge < -0.3 is 14.6 Å². The number of halogens is 2. The number of nitrogens with zero attached hydrogens (tertiary/aromatic N) is 2. The minimum absolute atomic E-state index is 0.198. The highest BCUT2D eigenvalue weighted by Gasteiger charge is 2.12. The van der Waals surface area contributed by atoms with Crippen LogP contribution in [-0.2, 0) is 19.6 Å². The van der Waals surface area contributed by atoms with Crippen LogP contribution >= 0.6 is 23.2 Å². The lowest BCUT2D eigenvalue weighted by atomic mass is 10.2. The Labute approximate surface area is 133 Å². The van der Waals surface area contributed by atoms with E-state index in [1.54, 1.807) is 6.07 Å². The van der Waals surface area contributed by atoms with Gasteiger partial charge >= 0.3 is 0 Å². The summed E-state index contributed by atoms with van der Waals surface area (Å²) in [6.07, 6.45) is 0.695. The van der Waals surface area contributed by atoms with E-state index in [1.807, 2.05) is 19.9 Å². The number of hydrogen-bond acceptors (Lipinski definition) is 5. The molecule has 0 saturated carbocycles. The maximum absolute atomic E-state index is 6.21. The number of ether oxygens (including phenoxy) is 1. The summed E-state index contributed by atoms with van der Waals surface area (Å²) in [6.45, 7) is 5.64. The molecule has 0 saturated heterocycles. The SMILES string of the molecule is CCNCc1cc(Cl)cc(Cl)c1OCc1noc(CC)n1. The zero-order valence-corrected chi connectivity index (χ0v) is 13.5. The molecule has 1 aromatic carbocycles. The molecule has 0 aliphatic carbocycles. The average Bonchev–Trinajstić information content (AvgIpc) is 2.91. The van der Waals surface area contributed by atoms with Crippen molar-refractivity contribution in [3.05, 3.63) is 39.5 Å². The fourth-order valence-electron chi connectivity index (χ4n) is 1.80. The van der Waals surface area contributed by atoms with Crippen molar-refractivity contribution in [2.45, 2.75) is 33.4 Å². The number of aromatic nitrogens is 2. The summed E-state index contributed by atoms with van der Waals surface area (Å²) in [5, 5.41) is 8.11. The first kappa shape index (κ1) is 16.1. The zero-order valence-electron chi connectivity index (χ0n) is 11.9. The van der Waals surface area contributed by atoms with Gasteiger partial charge in [0.25, 0.3) is 0 Å². The molecule has 0 spiro atoms. The summed E-state index contributed by atoms with van der Waals surface area (Å²) in [5.41, 5.74) is 0.897. The van der Waals surface area contributed by atoms with Gasteiger partial charge in [-0.2, -0.15) is 4.98 Å². The van der Waals surface area contributed by atoms with E-state index < -0.39 is 0 Å². The minimum Gasteiger partial charge on any atom is -0.484 e. The van der Waals surface area contributed by atoms with Gasteiger partial charge in [-0.1, -0.05) is 42.2 Å². The predicted molar refractivity (Wildman–Crippen MR) is 81.9 cm³/mol. The van der Waals surface area contributed by atoms with Gasteiger partial charge in [-0.05, 0) is 18.7 Å². The van der Waals surface area contributed by atoms with Crippen molar-refractivity contribution in [2.24, 2.45) is 0 Å². The molecule has 0 radical (unpaired) electrons. The molecule has 5 nitrogen and oxygen atoms in total. The summed E-state index contributed by atoms with van der Waals surface area (Å²) < 4.78 is 10.8. The molecule has 0 bridgehead atoms. The predicted octanol–water partition coefficient (Wildman–Crippen LogP) is 3.63. The fraction of sp³-hybridized carbons (Fsp3) is 0.429. The van der Waals surface area contributed by atoms with E-state index in [-0.39, 0.29) is 6.61 Å². The highest BCUT2D eigenvalue weighted by molar-refractivity contribution is 6.35. The molecule has 1 N–H and O–H groups in total. The van der Waals surface area contributed by atoms with Gasteiger partial charge in [-0.15, -0.1) is 0 Å². The Morgan fingerprint density at radius 1 is 1.29 bits per heavy atom. The highest BCUT2D eigenvalue weighted by atomic mass is 35.5. The van der Waals surface area contributed by atoms with Crippen LogP contribution < -0.4 is 10.1 Å². The van der Waals surface area contributed by atoms with Crippen molar-refractivity contribution in [1.29, 1.82) is 0 Å². The van der Waals surface area contributed by atoms with Gasteiger partial charge in [0.15, 0.2) is 6.61 Å². The Hall–Kier alpha value is -1.30. The van der Waals surface area contributed by atoms with Crippen LogP contribution in [0.5, 0.6) is 5.75 Å². The van der Waals surface area contributed by atoms with E-state index in [4.69, 9.17) is 32.5 Å². The normalized spacial score (nSPS) is 10.9. The minimum atomic E-state index is 0.198. The third kappa shape index (κ3) is 4.33. The van der Waals surface area contributed by atoms with E-state index in [0.717, 1.165) is 12.1 Å². The molecule has 114 valence electrons. The second kappa shape index (κ2) is 7.64. The van der Waals surface area contributed by atoms with Crippen molar-refractivity contribution >= 4 is 23.2 Å². The largest absolute Gasteiger partial charge is 0.484 e. The van der Waals surface area contributed by atoms with Gasteiger partial charge in [0.1, 0.15) is 5.75 Å². The molecule has 0 aliphatic rings. The number of hydrogen-bond donors (Lipinski definition) is 1. The Morgan fingerprint density at radius 2 is 2.10 bits per heavy atom. The standard InChI is InChI=1S/C14H17Cl2N3O2/c1-3-13-18-12(19-21-13)8-20-14-9(7-17-4-2)5-10(15)6-11(14)16/h5-6,17H,3-4,7-8H2,1-2H3. The quantitative estimate of drug-likeness (QED) is 0.840. The first-order chi connectivity index (χ1) is 10.1. The van der Waals surface area contributed by atoms with Crippen LogP contribution in [0.15, 0.2) is 16.7 Å². The molecular formula is C14H17Cl2N3O2. The second-order valence-electron chi connectivity index (χ2n) is 4.40. The van der Waals surface area contributed by atoms with E-state index in [2.05, 4.69) is 15.5 Å². The van der Waals surface area contributed by atoms with Crippen LogP contribution in [-0.4, -0.2) is 16.7 Å². The van der Waals surface area contributed by atoms with E-state index in [9.17, 15) is 0 Å². The molecule has 2 rings (SSSR count). The van der Waals surface area contributed by atoms with Crippen molar-refractivity contribution in [3.63, 3.8) is 0 Å². The van der Waals surface area contributed by atoms with Crippen molar-refractivity contribution in [2.75, 3.05) is 6.54 Å². The van der Waals surface area contributed by atoms with Gasteiger partial charge in [0, 0.05) is 23.6 Å². The summed E-state index contributed by atoms with van der Waals surface area (Å²) in [4.78, 5) is 4.20. The third-order valence-corrected chi connectivity index (χ3v) is 3.31. The molecule has 0 amide bonds. The highest BCUT2D eigenvalue weighted by Crippen LogP contribution is 2.33. The lowest BCUT2D eigenvalue weighted by molar-refractivity contribution is 0.282. The maximum atomic E-state index is 6.21. The van der Waals surface area contributed by atoms with Gasteiger partial charge in [-0.3, -0.25) is 0 Å². The number of benzene rings is 1.